The maximum absolute atomic E-state index is 12.7. The maximum Gasteiger partial charge on any atom is 0.342 e. The van der Waals surface area contributed by atoms with Crippen LogP contribution >= 0.6 is 0 Å². The van der Waals surface area contributed by atoms with Crippen LogP contribution in [0, 0.1) is 0 Å². The van der Waals surface area contributed by atoms with Crippen molar-refractivity contribution >= 4 is 27.6 Å². The van der Waals surface area contributed by atoms with Crippen LogP contribution in [0.1, 0.15) is 36.5 Å². The van der Waals surface area contributed by atoms with Gasteiger partial charge in [0, 0.05) is 18.8 Å². The number of esters is 1. The van der Waals surface area contributed by atoms with Crippen molar-refractivity contribution in [2.45, 2.75) is 31.1 Å². The summed E-state index contributed by atoms with van der Waals surface area (Å²) in [6.07, 6.45) is 2.76. The van der Waals surface area contributed by atoms with Gasteiger partial charge in [0.1, 0.15) is 11.3 Å². The van der Waals surface area contributed by atoms with Gasteiger partial charge in [0.15, 0.2) is 6.61 Å². The number of para-hydroxylation sites is 1. The number of anilines is 1. The second kappa shape index (κ2) is 10.4. The third kappa shape index (κ3) is 5.83. The van der Waals surface area contributed by atoms with Crippen LogP contribution in [0.4, 0.5) is 5.69 Å². The topological polar surface area (TPSA) is 102 Å². The molecular weight excluding hydrogens is 420 g/mol. The number of carbonyl (C=O) groups is 2. The first-order valence-electron chi connectivity index (χ1n) is 10.2. The molecule has 9 heteroatoms. The Balaban J connectivity index is 1.56. The molecule has 1 heterocycles. The molecule has 1 saturated heterocycles. The van der Waals surface area contributed by atoms with Gasteiger partial charge in [-0.15, -0.1) is 0 Å². The Hall–Kier alpha value is -2.91. The van der Waals surface area contributed by atoms with Crippen molar-refractivity contribution in [3.05, 3.63) is 54.1 Å². The van der Waals surface area contributed by atoms with Crippen LogP contribution in [0.2, 0.25) is 0 Å². The third-order valence-corrected chi connectivity index (χ3v) is 6.74. The molecule has 0 saturated carbocycles. The highest BCUT2D eigenvalue weighted by Crippen LogP contribution is 2.22. The second-order valence-electron chi connectivity index (χ2n) is 7.04. The van der Waals surface area contributed by atoms with Crippen molar-refractivity contribution in [1.29, 1.82) is 0 Å². The lowest BCUT2D eigenvalue weighted by Gasteiger charge is -2.25. The van der Waals surface area contributed by atoms with Crippen molar-refractivity contribution in [3.8, 4) is 5.75 Å². The zero-order chi connectivity index (χ0) is 22.3. The number of benzene rings is 2. The fourth-order valence-electron chi connectivity index (χ4n) is 3.29. The number of rotatable bonds is 8. The number of nitrogens with zero attached hydrogens (tertiary/aromatic N) is 1. The van der Waals surface area contributed by atoms with E-state index >= 15 is 0 Å². The Bertz CT molecular complexity index is 1010. The van der Waals surface area contributed by atoms with E-state index in [2.05, 4.69) is 5.32 Å². The summed E-state index contributed by atoms with van der Waals surface area (Å²) in [7, 11) is -3.53. The zero-order valence-electron chi connectivity index (χ0n) is 17.4. The highest BCUT2D eigenvalue weighted by Gasteiger charge is 2.25. The molecule has 31 heavy (non-hydrogen) atoms. The van der Waals surface area contributed by atoms with Crippen LogP contribution < -0.4 is 10.1 Å². The summed E-state index contributed by atoms with van der Waals surface area (Å²) in [5.74, 6) is -0.808. The van der Waals surface area contributed by atoms with E-state index in [1.807, 2.05) is 0 Å². The fraction of sp³-hybridized carbons (Fsp3) is 0.364. The van der Waals surface area contributed by atoms with Gasteiger partial charge in [-0.2, -0.15) is 4.31 Å². The van der Waals surface area contributed by atoms with E-state index in [0.717, 1.165) is 19.3 Å². The summed E-state index contributed by atoms with van der Waals surface area (Å²) in [5.41, 5.74) is 0.651. The fourth-order valence-corrected chi connectivity index (χ4v) is 4.80. The standard InChI is InChI=1S/C22H26N2O6S/c1-2-29-20-9-5-4-8-19(20)22(26)30-16-21(25)23-17-10-12-18(13-11-17)31(27,28)24-14-6-3-7-15-24/h4-5,8-13H,2-3,6-7,14-16H2,1H3,(H,23,25). The van der Waals surface area contributed by atoms with E-state index in [0.29, 0.717) is 31.1 Å². The molecule has 0 atom stereocenters. The normalized spacial score (nSPS) is 14.6. The predicted molar refractivity (Wildman–Crippen MR) is 116 cm³/mol. The van der Waals surface area contributed by atoms with Crippen molar-refractivity contribution in [2.75, 3.05) is 31.6 Å². The highest BCUT2D eigenvalue weighted by atomic mass is 32.2. The average molecular weight is 447 g/mol. The monoisotopic (exact) mass is 446 g/mol. The zero-order valence-corrected chi connectivity index (χ0v) is 18.2. The summed E-state index contributed by atoms with van der Waals surface area (Å²) in [6, 6.07) is 12.6. The molecule has 0 aromatic heterocycles. The van der Waals surface area contributed by atoms with Crippen LogP contribution in [0.15, 0.2) is 53.4 Å². The van der Waals surface area contributed by atoms with Gasteiger partial charge >= 0.3 is 5.97 Å². The van der Waals surface area contributed by atoms with Gasteiger partial charge in [0.2, 0.25) is 10.0 Å². The Kier molecular flexibility index (Phi) is 7.64. The number of amides is 1. The molecule has 0 spiro atoms. The minimum atomic E-state index is -3.53. The summed E-state index contributed by atoms with van der Waals surface area (Å²) >= 11 is 0. The maximum atomic E-state index is 12.7. The van der Waals surface area contributed by atoms with Crippen molar-refractivity contribution in [1.82, 2.24) is 4.31 Å². The average Bonchev–Trinajstić information content (AvgIpc) is 2.79. The summed E-state index contributed by atoms with van der Waals surface area (Å²) < 4.78 is 37.3. The molecular formula is C22H26N2O6S. The number of sulfonamides is 1. The molecule has 1 amide bonds. The van der Waals surface area contributed by atoms with Crippen LogP contribution in [-0.2, 0) is 19.6 Å². The lowest BCUT2D eigenvalue weighted by molar-refractivity contribution is -0.119. The van der Waals surface area contributed by atoms with E-state index < -0.39 is 28.5 Å². The molecule has 3 rings (SSSR count). The quantitative estimate of drug-likeness (QED) is 0.626. The van der Waals surface area contributed by atoms with Crippen molar-refractivity contribution in [3.63, 3.8) is 0 Å². The molecule has 0 radical (unpaired) electrons. The molecule has 2 aromatic rings. The van der Waals surface area contributed by atoms with Crippen LogP contribution in [0.25, 0.3) is 0 Å². The molecule has 0 aliphatic carbocycles. The van der Waals surface area contributed by atoms with E-state index in [-0.39, 0.29) is 10.5 Å². The van der Waals surface area contributed by atoms with Gasteiger partial charge in [-0.1, -0.05) is 18.6 Å². The number of nitrogens with one attached hydrogen (secondary N) is 1. The number of carbonyl (C=O) groups excluding carboxylic acids is 2. The minimum Gasteiger partial charge on any atom is -0.493 e. The Morgan fingerprint density at radius 2 is 1.68 bits per heavy atom. The van der Waals surface area contributed by atoms with Gasteiger partial charge in [0.25, 0.3) is 5.91 Å². The molecule has 2 aromatic carbocycles. The van der Waals surface area contributed by atoms with Crippen molar-refractivity contribution < 1.29 is 27.5 Å². The van der Waals surface area contributed by atoms with Gasteiger partial charge in [-0.25, -0.2) is 13.2 Å². The number of hydrogen-bond acceptors (Lipinski definition) is 6. The molecule has 166 valence electrons. The summed E-state index contributed by atoms with van der Waals surface area (Å²) in [6.45, 7) is 2.78. The van der Waals surface area contributed by atoms with Gasteiger partial charge in [-0.05, 0) is 56.2 Å². The second-order valence-corrected chi connectivity index (χ2v) is 8.98. The molecule has 1 aliphatic heterocycles. The van der Waals surface area contributed by atoms with Gasteiger partial charge in [-0.3, -0.25) is 4.79 Å². The lowest BCUT2D eigenvalue weighted by atomic mass is 10.2. The Morgan fingerprint density at radius 1 is 1.00 bits per heavy atom. The molecule has 0 bridgehead atoms. The molecule has 1 aliphatic rings. The Morgan fingerprint density at radius 3 is 2.35 bits per heavy atom. The first-order valence-corrected chi connectivity index (χ1v) is 11.6. The molecule has 8 nitrogen and oxygen atoms in total. The van der Waals surface area contributed by atoms with E-state index in [4.69, 9.17) is 9.47 Å². The summed E-state index contributed by atoms with van der Waals surface area (Å²) in [4.78, 5) is 24.6. The van der Waals surface area contributed by atoms with Crippen molar-refractivity contribution in [2.24, 2.45) is 0 Å². The van der Waals surface area contributed by atoms with Gasteiger partial charge < -0.3 is 14.8 Å². The number of piperidine rings is 1. The predicted octanol–water partition coefficient (Wildman–Crippen LogP) is 3.06. The first kappa shape index (κ1) is 22.8. The number of ether oxygens (including phenoxy) is 2. The van der Waals surface area contributed by atoms with Gasteiger partial charge in [0.05, 0.1) is 11.5 Å². The van der Waals surface area contributed by atoms with Crippen LogP contribution in [0.3, 0.4) is 0 Å². The molecule has 1 fully saturated rings. The van der Waals surface area contributed by atoms with Crippen LogP contribution in [0.5, 0.6) is 5.75 Å². The summed E-state index contributed by atoms with van der Waals surface area (Å²) in [5, 5.41) is 2.59. The SMILES string of the molecule is CCOc1ccccc1C(=O)OCC(=O)Nc1ccc(S(=O)(=O)N2CCCCC2)cc1. The largest absolute Gasteiger partial charge is 0.493 e. The molecule has 1 N–H and O–H groups in total. The Labute approximate surface area is 182 Å². The third-order valence-electron chi connectivity index (χ3n) is 4.83. The first-order chi connectivity index (χ1) is 14.9. The van der Waals surface area contributed by atoms with E-state index in [1.165, 1.54) is 28.6 Å². The minimum absolute atomic E-state index is 0.186. The van der Waals surface area contributed by atoms with E-state index in [1.54, 1.807) is 31.2 Å². The lowest BCUT2D eigenvalue weighted by Crippen LogP contribution is -2.35. The van der Waals surface area contributed by atoms with Crippen LogP contribution in [-0.4, -0.2) is 50.9 Å². The molecule has 0 unspecified atom stereocenters. The number of hydrogen-bond donors (Lipinski definition) is 1. The smallest absolute Gasteiger partial charge is 0.342 e. The van der Waals surface area contributed by atoms with E-state index in [9.17, 15) is 18.0 Å². The highest BCUT2D eigenvalue weighted by molar-refractivity contribution is 7.89.